The van der Waals surface area contributed by atoms with Gasteiger partial charge < -0.3 is 9.47 Å². The Labute approximate surface area is 165 Å². The molecule has 0 amide bonds. The number of hydrogen-bond donors (Lipinski definition) is 0. The number of ether oxygens (including phenoxy) is 2. The second-order valence-corrected chi connectivity index (χ2v) is 7.09. The van der Waals surface area contributed by atoms with E-state index >= 15 is 0 Å². The van der Waals surface area contributed by atoms with Gasteiger partial charge in [-0.1, -0.05) is 29.3 Å². The molecule has 0 aliphatic rings. The Morgan fingerprint density at radius 2 is 1.96 bits per heavy atom. The number of aromatic nitrogens is 1. The van der Waals surface area contributed by atoms with Crippen LogP contribution in [0, 0.1) is 0 Å². The summed E-state index contributed by atoms with van der Waals surface area (Å²) < 4.78 is 10.6. The maximum absolute atomic E-state index is 12.4. The lowest BCUT2D eigenvalue weighted by atomic mass is 10.1. The molecular formula is C19H15Cl2NO3S. The fourth-order valence-corrected chi connectivity index (χ4v) is 3.26. The molecule has 1 heterocycles. The predicted octanol–water partition coefficient (Wildman–Crippen LogP) is 5.63. The van der Waals surface area contributed by atoms with Crippen LogP contribution in [0.4, 0.5) is 0 Å². The number of pyridine rings is 1. The number of nitrogens with zero attached hydrogens (tertiary/aromatic N) is 1. The second-order valence-electron chi connectivity index (χ2n) is 5.42. The Hall–Kier alpha value is -1.95. The summed E-state index contributed by atoms with van der Waals surface area (Å²) in [4.78, 5) is 17.9. The molecule has 0 N–H and O–H groups in total. The third-order valence-electron chi connectivity index (χ3n) is 3.79. The molecule has 0 aliphatic heterocycles. The fraction of sp³-hybridized carbons (Fsp3) is 0.158. The number of benzene rings is 2. The third-order valence-corrected chi connectivity index (χ3v) is 5.08. The van der Waals surface area contributed by atoms with Gasteiger partial charge in [-0.3, -0.25) is 0 Å². The van der Waals surface area contributed by atoms with E-state index in [1.54, 1.807) is 23.9 Å². The van der Waals surface area contributed by atoms with Gasteiger partial charge in [-0.15, -0.1) is 11.8 Å². The highest BCUT2D eigenvalue weighted by molar-refractivity contribution is 7.98. The quantitative estimate of drug-likeness (QED) is 0.311. The first-order valence-electron chi connectivity index (χ1n) is 7.65. The Morgan fingerprint density at radius 1 is 1.15 bits per heavy atom. The van der Waals surface area contributed by atoms with Gasteiger partial charge >= 0.3 is 5.97 Å². The molecule has 7 heteroatoms. The van der Waals surface area contributed by atoms with Crippen LogP contribution in [0.2, 0.25) is 10.2 Å². The molecule has 134 valence electrons. The average molecular weight is 408 g/mol. The van der Waals surface area contributed by atoms with Gasteiger partial charge in [0.2, 0.25) is 0 Å². The topological polar surface area (TPSA) is 48.4 Å². The minimum atomic E-state index is -0.543. The molecule has 0 fully saturated rings. The molecule has 0 unspecified atom stereocenters. The van der Waals surface area contributed by atoms with E-state index in [-0.39, 0.29) is 12.2 Å². The molecule has 3 aromatic rings. The summed E-state index contributed by atoms with van der Waals surface area (Å²) in [5.41, 5.74) is 1.69. The van der Waals surface area contributed by atoms with Crippen molar-refractivity contribution in [1.29, 1.82) is 0 Å². The third kappa shape index (κ3) is 4.06. The van der Waals surface area contributed by atoms with Gasteiger partial charge in [-0.25, -0.2) is 9.78 Å². The first-order valence-corrected chi connectivity index (χ1v) is 9.63. The van der Waals surface area contributed by atoms with Crippen LogP contribution < -0.4 is 4.74 Å². The van der Waals surface area contributed by atoms with Crippen molar-refractivity contribution in [2.24, 2.45) is 0 Å². The largest absolute Gasteiger partial charge is 0.496 e. The van der Waals surface area contributed by atoms with Gasteiger partial charge in [0, 0.05) is 20.9 Å². The van der Waals surface area contributed by atoms with E-state index in [1.807, 2.05) is 30.5 Å². The minimum absolute atomic E-state index is 0.000549. The minimum Gasteiger partial charge on any atom is -0.496 e. The molecule has 2 aromatic carbocycles. The molecule has 0 aliphatic carbocycles. The molecule has 0 saturated heterocycles. The van der Waals surface area contributed by atoms with Crippen LogP contribution >= 0.6 is 35.0 Å². The van der Waals surface area contributed by atoms with Gasteiger partial charge in [0.1, 0.15) is 23.1 Å². The zero-order chi connectivity index (χ0) is 18.7. The predicted molar refractivity (Wildman–Crippen MR) is 106 cm³/mol. The number of carbonyl (C=O) groups is 1. The van der Waals surface area contributed by atoms with Crippen molar-refractivity contribution in [3.8, 4) is 5.75 Å². The number of hydrogen-bond acceptors (Lipinski definition) is 5. The summed E-state index contributed by atoms with van der Waals surface area (Å²) in [6.45, 7) is 0.000549. The standard InChI is InChI=1S/C19H15Cl2NO3S/c1-24-17-6-4-13(20)8-15(17)19(23)25-10-12-7-11-3-5-14(26-2)9-16(11)22-18(12)21/h3-9H,10H2,1-2H3. The maximum Gasteiger partial charge on any atom is 0.342 e. The van der Waals surface area contributed by atoms with E-state index in [2.05, 4.69) is 4.98 Å². The van der Waals surface area contributed by atoms with Crippen molar-refractivity contribution < 1.29 is 14.3 Å². The van der Waals surface area contributed by atoms with Crippen LogP contribution in [0.1, 0.15) is 15.9 Å². The van der Waals surface area contributed by atoms with Crippen molar-refractivity contribution in [2.75, 3.05) is 13.4 Å². The average Bonchev–Trinajstić information content (AvgIpc) is 2.65. The Bertz CT molecular complexity index is 978. The number of methoxy groups -OCH3 is 1. The van der Waals surface area contributed by atoms with E-state index in [1.165, 1.54) is 13.2 Å². The Kier molecular flexibility index (Phi) is 5.91. The first kappa shape index (κ1) is 18.8. The van der Waals surface area contributed by atoms with Gasteiger partial charge in [0.05, 0.1) is 12.6 Å². The number of fused-ring (bicyclic) bond motifs is 1. The molecule has 0 radical (unpaired) electrons. The first-order chi connectivity index (χ1) is 12.5. The van der Waals surface area contributed by atoms with Crippen molar-refractivity contribution in [3.63, 3.8) is 0 Å². The maximum atomic E-state index is 12.4. The van der Waals surface area contributed by atoms with Crippen LogP contribution in [-0.4, -0.2) is 24.3 Å². The van der Waals surface area contributed by atoms with Crippen molar-refractivity contribution in [2.45, 2.75) is 11.5 Å². The number of rotatable bonds is 5. The number of halogens is 2. The summed E-state index contributed by atoms with van der Waals surface area (Å²) >= 11 is 13.8. The SMILES string of the molecule is COc1ccc(Cl)cc1C(=O)OCc1cc2ccc(SC)cc2nc1Cl. The molecule has 0 bridgehead atoms. The van der Waals surface area contributed by atoms with Crippen LogP contribution in [-0.2, 0) is 11.3 Å². The van der Waals surface area contributed by atoms with E-state index in [9.17, 15) is 4.79 Å². The van der Waals surface area contributed by atoms with E-state index < -0.39 is 5.97 Å². The number of esters is 1. The zero-order valence-corrected chi connectivity index (χ0v) is 16.4. The summed E-state index contributed by atoms with van der Waals surface area (Å²) in [5.74, 6) is -0.148. The molecule has 0 atom stereocenters. The molecule has 3 rings (SSSR count). The van der Waals surface area contributed by atoms with E-state index in [0.717, 1.165) is 15.8 Å². The number of carbonyl (C=O) groups excluding carboxylic acids is 1. The lowest BCUT2D eigenvalue weighted by Crippen LogP contribution is -2.08. The highest BCUT2D eigenvalue weighted by Gasteiger charge is 2.16. The van der Waals surface area contributed by atoms with Crippen molar-refractivity contribution in [1.82, 2.24) is 4.98 Å². The van der Waals surface area contributed by atoms with E-state index in [0.29, 0.717) is 21.5 Å². The smallest absolute Gasteiger partial charge is 0.342 e. The lowest BCUT2D eigenvalue weighted by Gasteiger charge is -2.11. The molecule has 4 nitrogen and oxygen atoms in total. The highest BCUT2D eigenvalue weighted by atomic mass is 35.5. The van der Waals surface area contributed by atoms with E-state index in [4.69, 9.17) is 32.7 Å². The summed E-state index contributed by atoms with van der Waals surface area (Å²) in [6.07, 6.45) is 2.00. The monoisotopic (exact) mass is 407 g/mol. The second kappa shape index (κ2) is 8.16. The molecule has 0 spiro atoms. The van der Waals surface area contributed by atoms with Crippen molar-refractivity contribution >= 4 is 51.8 Å². The molecule has 1 aromatic heterocycles. The normalized spacial score (nSPS) is 10.8. The molecule has 26 heavy (non-hydrogen) atoms. The Morgan fingerprint density at radius 3 is 2.69 bits per heavy atom. The van der Waals surface area contributed by atoms with Crippen LogP contribution in [0.5, 0.6) is 5.75 Å². The van der Waals surface area contributed by atoms with Crippen molar-refractivity contribution in [3.05, 3.63) is 63.8 Å². The summed E-state index contributed by atoms with van der Waals surface area (Å²) in [7, 11) is 1.48. The molecule has 0 saturated carbocycles. The van der Waals surface area contributed by atoms with Crippen LogP contribution in [0.15, 0.2) is 47.4 Å². The zero-order valence-electron chi connectivity index (χ0n) is 14.1. The van der Waals surface area contributed by atoms with Crippen LogP contribution in [0.3, 0.4) is 0 Å². The van der Waals surface area contributed by atoms with Gasteiger partial charge in [0.15, 0.2) is 0 Å². The highest BCUT2D eigenvalue weighted by Crippen LogP contribution is 2.27. The van der Waals surface area contributed by atoms with Gasteiger partial charge in [0.25, 0.3) is 0 Å². The number of thioether (sulfide) groups is 1. The molecular weight excluding hydrogens is 393 g/mol. The lowest BCUT2D eigenvalue weighted by molar-refractivity contribution is 0.0469. The summed E-state index contributed by atoms with van der Waals surface area (Å²) in [5, 5.41) is 1.66. The van der Waals surface area contributed by atoms with Gasteiger partial charge in [-0.05, 0) is 42.7 Å². The summed E-state index contributed by atoms with van der Waals surface area (Å²) in [6, 6.07) is 12.6. The van der Waals surface area contributed by atoms with Gasteiger partial charge in [-0.2, -0.15) is 0 Å². The Balaban J connectivity index is 1.82. The fourth-order valence-electron chi connectivity index (χ4n) is 2.46. The van der Waals surface area contributed by atoms with Crippen LogP contribution in [0.25, 0.3) is 10.9 Å².